The molecule has 0 aromatic heterocycles. The van der Waals surface area contributed by atoms with Crippen LogP contribution in [0.5, 0.6) is 5.75 Å². The second kappa shape index (κ2) is 7.27. The second-order valence-corrected chi connectivity index (χ2v) is 4.10. The van der Waals surface area contributed by atoms with Gasteiger partial charge in [-0.3, -0.25) is 5.41 Å². The summed E-state index contributed by atoms with van der Waals surface area (Å²) < 4.78 is 19.1. The Morgan fingerprint density at radius 1 is 1.24 bits per heavy atom. The maximum atomic E-state index is 13.6. The predicted octanol–water partition coefficient (Wildman–Crippen LogP) is 2.98. The number of hydrogen-bond acceptors (Lipinski definition) is 3. The summed E-state index contributed by atoms with van der Waals surface area (Å²) in [5, 5.41) is 16.5. The molecule has 4 nitrogen and oxygen atoms in total. The van der Waals surface area contributed by atoms with Gasteiger partial charge in [0.15, 0.2) is 5.75 Å². The van der Waals surface area contributed by atoms with Crippen LogP contribution in [-0.2, 0) is 6.61 Å². The van der Waals surface area contributed by atoms with Gasteiger partial charge in [-0.25, -0.2) is 4.39 Å². The van der Waals surface area contributed by atoms with E-state index in [1.54, 1.807) is 6.07 Å². The number of ether oxygens (including phenoxy) is 1. The van der Waals surface area contributed by atoms with Crippen LogP contribution in [0.3, 0.4) is 0 Å². The fourth-order valence-electron chi connectivity index (χ4n) is 1.75. The van der Waals surface area contributed by atoms with Crippen LogP contribution in [0.4, 0.5) is 4.39 Å². The van der Waals surface area contributed by atoms with Crippen molar-refractivity contribution in [2.45, 2.75) is 6.61 Å². The lowest BCUT2D eigenvalue weighted by Crippen LogP contribution is -2.14. The largest absolute Gasteiger partial charge is 0.487 e. The molecular weight excluding hydrogens is 293 g/mol. The van der Waals surface area contributed by atoms with E-state index in [1.807, 2.05) is 30.3 Å². The lowest BCUT2D eigenvalue weighted by molar-refractivity contribution is 0.303. The van der Waals surface area contributed by atoms with Gasteiger partial charge in [-0.05, 0) is 17.7 Å². The quantitative estimate of drug-likeness (QED) is 0.673. The third-order valence-electron chi connectivity index (χ3n) is 2.73. The minimum absolute atomic E-state index is 0. The Balaban J connectivity index is 0.00000220. The van der Waals surface area contributed by atoms with Gasteiger partial charge in [-0.15, -0.1) is 12.4 Å². The van der Waals surface area contributed by atoms with E-state index < -0.39 is 5.82 Å². The Morgan fingerprint density at radius 3 is 2.48 bits per heavy atom. The molecule has 2 aromatic carbocycles. The summed E-state index contributed by atoms with van der Waals surface area (Å²) >= 11 is 0. The smallest absolute Gasteiger partial charge is 0.151 e. The van der Waals surface area contributed by atoms with Crippen molar-refractivity contribution in [3.05, 3.63) is 65.0 Å². The zero-order valence-corrected chi connectivity index (χ0v) is 11.8. The molecule has 0 spiro atoms. The molecular formula is C15H13ClFN3O. The number of nitrogens with zero attached hydrogens (tertiary/aromatic N) is 1. The van der Waals surface area contributed by atoms with Gasteiger partial charge in [-0.1, -0.05) is 30.3 Å². The molecule has 2 aromatic rings. The SMILES string of the molecule is Cl.N#Cc1c(F)ccc(C(=N)N)c1OCc1ccccc1. The molecule has 0 bridgehead atoms. The fraction of sp³-hybridized carbons (Fsp3) is 0.0667. The van der Waals surface area contributed by atoms with Crippen LogP contribution >= 0.6 is 12.4 Å². The summed E-state index contributed by atoms with van der Waals surface area (Å²) in [6, 6.07) is 13.4. The molecule has 108 valence electrons. The number of nitrogens with one attached hydrogen (secondary N) is 1. The van der Waals surface area contributed by atoms with E-state index in [4.69, 9.17) is 21.1 Å². The summed E-state index contributed by atoms with van der Waals surface area (Å²) in [6.07, 6.45) is 0. The average molecular weight is 306 g/mol. The number of nitriles is 1. The summed E-state index contributed by atoms with van der Waals surface area (Å²) in [7, 11) is 0. The third-order valence-corrected chi connectivity index (χ3v) is 2.73. The van der Waals surface area contributed by atoms with E-state index >= 15 is 0 Å². The highest BCUT2D eigenvalue weighted by atomic mass is 35.5. The summed E-state index contributed by atoms with van der Waals surface area (Å²) in [5.74, 6) is -0.964. The van der Waals surface area contributed by atoms with E-state index in [-0.39, 0.29) is 41.7 Å². The van der Waals surface area contributed by atoms with E-state index in [2.05, 4.69) is 0 Å². The van der Waals surface area contributed by atoms with Gasteiger partial charge in [0.2, 0.25) is 0 Å². The Kier molecular flexibility index (Phi) is 5.70. The molecule has 0 saturated carbocycles. The van der Waals surface area contributed by atoms with E-state index in [9.17, 15) is 4.39 Å². The molecule has 2 rings (SSSR count). The van der Waals surface area contributed by atoms with Crippen molar-refractivity contribution in [2.24, 2.45) is 5.73 Å². The number of nitrogens with two attached hydrogens (primary N) is 1. The van der Waals surface area contributed by atoms with Crippen molar-refractivity contribution < 1.29 is 9.13 Å². The standard InChI is InChI=1S/C15H12FN3O.ClH/c16-13-7-6-11(15(18)19)14(12(13)8-17)20-9-10-4-2-1-3-5-10;/h1-7H,9H2,(H3,18,19);1H. The molecule has 0 heterocycles. The lowest BCUT2D eigenvalue weighted by Gasteiger charge is -2.12. The predicted molar refractivity (Wildman–Crippen MR) is 80.2 cm³/mol. The molecule has 3 N–H and O–H groups in total. The highest BCUT2D eigenvalue weighted by Crippen LogP contribution is 2.26. The maximum Gasteiger partial charge on any atom is 0.151 e. The van der Waals surface area contributed by atoms with Crippen LogP contribution in [0, 0.1) is 22.6 Å². The van der Waals surface area contributed by atoms with Gasteiger partial charge >= 0.3 is 0 Å². The van der Waals surface area contributed by atoms with Crippen LogP contribution in [-0.4, -0.2) is 5.84 Å². The number of amidine groups is 1. The number of benzene rings is 2. The van der Waals surface area contributed by atoms with Crippen molar-refractivity contribution in [1.29, 1.82) is 10.7 Å². The third kappa shape index (κ3) is 3.71. The molecule has 6 heteroatoms. The summed E-state index contributed by atoms with van der Waals surface area (Å²) in [4.78, 5) is 0. The minimum Gasteiger partial charge on any atom is -0.487 e. The van der Waals surface area contributed by atoms with Gasteiger partial charge in [0.1, 0.15) is 29.9 Å². The van der Waals surface area contributed by atoms with Crippen molar-refractivity contribution >= 4 is 18.2 Å². The van der Waals surface area contributed by atoms with Crippen LogP contribution in [0.1, 0.15) is 16.7 Å². The zero-order chi connectivity index (χ0) is 14.5. The first kappa shape index (κ1) is 16.5. The maximum absolute atomic E-state index is 13.6. The first-order valence-corrected chi connectivity index (χ1v) is 5.87. The molecule has 0 radical (unpaired) electrons. The van der Waals surface area contributed by atoms with Gasteiger partial charge < -0.3 is 10.5 Å². The molecule has 0 atom stereocenters. The fourth-order valence-corrected chi connectivity index (χ4v) is 1.75. The number of nitrogen functional groups attached to an aromatic ring is 1. The molecule has 0 aliphatic heterocycles. The van der Waals surface area contributed by atoms with E-state index in [0.717, 1.165) is 11.6 Å². The van der Waals surface area contributed by atoms with E-state index in [0.29, 0.717) is 0 Å². The lowest BCUT2D eigenvalue weighted by atomic mass is 10.1. The van der Waals surface area contributed by atoms with Crippen molar-refractivity contribution in [1.82, 2.24) is 0 Å². The minimum atomic E-state index is -0.694. The summed E-state index contributed by atoms with van der Waals surface area (Å²) in [5.41, 5.74) is 6.26. The van der Waals surface area contributed by atoms with E-state index in [1.165, 1.54) is 6.07 Å². The molecule has 0 amide bonds. The molecule has 0 unspecified atom stereocenters. The Labute approximate surface area is 127 Å². The van der Waals surface area contributed by atoms with Crippen LogP contribution in [0.15, 0.2) is 42.5 Å². The molecule has 0 saturated heterocycles. The molecule has 0 aliphatic rings. The van der Waals surface area contributed by atoms with Gasteiger partial charge in [0.25, 0.3) is 0 Å². The molecule has 0 fully saturated rings. The second-order valence-electron chi connectivity index (χ2n) is 4.10. The molecule has 0 aliphatic carbocycles. The van der Waals surface area contributed by atoms with Crippen molar-refractivity contribution in [2.75, 3.05) is 0 Å². The van der Waals surface area contributed by atoms with Gasteiger partial charge in [-0.2, -0.15) is 5.26 Å². The number of rotatable bonds is 4. The number of halogens is 2. The zero-order valence-electron chi connectivity index (χ0n) is 11.0. The first-order chi connectivity index (χ1) is 9.63. The normalized spacial score (nSPS) is 9.33. The monoisotopic (exact) mass is 305 g/mol. The van der Waals surface area contributed by atoms with Gasteiger partial charge in [0.05, 0.1) is 5.56 Å². The highest BCUT2D eigenvalue weighted by Gasteiger charge is 2.16. The average Bonchev–Trinajstić information content (AvgIpc) is 2.45. The number of hydrogen-bond donors (Lipinski definition) is 2. The van der Waals surface area contributed by atoms with Crippen LogP contribution in [0.2, 0.25) is 0 Å². The van der Waals surface area contributed by atoms with Crippen molar-refractivity contribution in [3.63, 3.8) is 0 Å². The summed E-state index contributed by atoms with van der Waals surface area (Å²) in [6.45, 7) is 0.166. The first-order valence-electron chi connectivity index (χ1n) is 5.87. The topological polar surface area (TPSA) is 82.9 Å². The highest BCUT2D eigenvalue weighted by molar-refractivity contribution is 5.98. The van der Waals surface area contributed by atoms with Crippen LogP contribution in [0.25, 0.3) is 0 Å². The van der Waals surface area contributed by atoms with Crippen molar-refractivity contribution in [3.8, 4) is 11.8 Å². The van der Waals surface area contributed by atoms with Gasteiger partial charge in [0, 0.05) is 0 Å². The molecule has 21 heavy (non-hydrogen) atoms. The Morgan fingerprint density at radius 2 is 1.90 bits per heavy atom. The Hall–Kier alpha value is -2.58. The Bertz CT molecular complexity index is 683. The van der Waals surface area contributed by atoms with Crippen LogP contribution < -0.4 is 10.5 Å².